The minimum Gasteiger partial charge on any atom is -0.456 e. The van der Waals surface area contributed by atoms with Gasteiger partial charge in [-0.3, -0.25) is 4.72 Å². The van der Waals surface area contributed by atoms with E-state index in [1.807, 2.05) is 6.92 Å². The van der Waals surface area contributed by atoms with E-state index in [0.717, 1.165) is 5.56 Å². The van der Waals surface area contributed by atoms with Crippen LogP contribution in [0.4, 0.5) is 5.69 Å². The van der Waals surface area contributed by atoms with Crippen LogP contribution in [-0.4, -0.2) is 8.42 Å². The molecule has 0 aromatic heterocycles. The molecule has 3 aromatic carbocycles. The van der Waals surface area contributed by atoms with Crippen LogP contribution >= 0.6 is 23.2 Å². The van der Waals surface area contributed by atoms with Crippen molar-refractivity contribution < 1.29 is 13.2 Å². The van der Waals surface area contributed by atoms with Gasteiger partial charge in [0.15, 0.2) is 0 Å². The molecule has 0 spiro atoms. The van der Waals surface area contributed by atoms with E-state index in [1.54, 1.807) is 60.7 Å². The minimum absolute atomic E-state index is 0.179. The Labute approximate surface area is 162 Å². The van der Waals surface area contributed by atoms with E-state index in [4.69, 9.17) is 27.9 Å². The van der Waals surface area contributed by atoms with Gasteiger partial charge in [0, 0.05) is 5.02 Å². The van der Waals surface area contributed by atoms with Crippen molar-refractivity contribution in [3.8, 4) is 11.5 Å². The summed E-state index contributed by atoms with van der Waals surface area (Å²) in [4.78, 5) is 0.179. The topological polar surface area (TPSA) is 55.4 Å². The molecule has 3 aromatic rings. The Hall–Kier alpha value is -2.21. The highest BCUT2D eigenvalue weighted by atomic mass is 35.5. The molecule has 0 aliphatic rings. The molecule has 1 N–H and O–H groups in total. The lowest BCUT2D eigenvalue weighted by Gasteiger charge is -2.11. The maximum absolute atomic E-state index is 12.4. The van der Waals surface area contributed by atoms with E-state index in [1.165, 1.54) is 6.07 Å². The van der Waals surface area contributed by atoms with Gasteiger partial charge in [-0.1, -0.05) is 47.0 Å². The van der Waals surface area contributed by atoms with Crippen molar-refractivity contribution in [3.63, 3.8) is 0 Å². The first-order valence-corrected chi connectivity index (χ1v) is 9.90. The first-order valence-electron chi connectivity index (χ1n) is 7.66. The summed E-state index contributed by atoms with van der Waals surface area (Å²) in [6, 6.07) is 18.1. The summed E-state index contributed by atoms with van der Waals surface area (Å²) in [5.41, 5.74) is 1.32. The summed E-state index contributed by atoms with van der Waals surface area (Å²) < 4.78 is 33.1. The van der Waals surface area contributed by atoms with E-state index in [2.05, 4.69) is 4.72 Å². The molecule has 0 heterocycles. The first-order chi connectivity index (χ1) is 12.3. The van der Waals surface area contributed by atoms with Gasteiger partial charge < -0.3 is 4.74 Å². The minimum atomic E-state index is -3.69. The molecule has 0 saturated carbocycles. The predicted octanol–water partition coefficient (Wildman–Crippen LogP) is 5.89. The van der Waals surface area contributed by atoms with Crippen molar-refractivity contribution in [2.75, 3.05) is 4.72 Å². The smallest absolute Gasteiger partial charge is 0.261 e. The number of benzene rings is 3. The molecule has 0 bridgehead atoms. The number of hydrogen-bond donors (Lipinski definition) is 1. The molecule has 0 aliphatic carbocycles. The van der Waals surface area contributed by atoms with Crippen LogP contribution in [-0.2, 0) is 10.0 Å². The average molecular weight is 408 g/mol. The van der Waals surface area contributed by atoms with E-state index in [9.17, 15) is 8.42 Å². The zero-order valence-electron chi connectivity index (χ0n) is 13.7. The zero-order valence-corrected chi connectivity index (χ0v) is 16.1. The van der Waals surface area contributed by atoms with Gasteiger partial charge in [-0.15, -0.1) is 0 Å². The molecule has 7 heteroatoms. The van der Waals surface area contributed by atoms with E-state index in [0.29, 0.717) is 22.2 Å². The Bertz CT molecular complexity index is 1030. The van der Waals surface area contributed by atoms with Crippen LogP contribution in [0.3, 0.4) is 0 Å². The number of nitrogens with one attached hydrogen (secondary N) is 1. The second kappa shape index (κ2) is 7.58. The summed E-state index contributed by atoms with van der Waals surface area (Å²) in [6.07, 6.45) is 0. The fourth-order valence-electron chi connectivity index (χ4n) is 2.24. The van der Waals surface area contributed by atoms with Crippen LogP contribution in [0.2, 0.25) is 10.0 Å². The third-order valence-corrected chi connectivity index (χ3v) is 5.47. The molecule has 0 radical (unpaired) electrons. The Balaban J connectivity index is 1.80. The van der Waals surface area contributed by atoms with Gasteiger partial charge in [-0.25, -0.2) is 8.42 Å². The Morgan fingerprint density at radius 1 is 0.923 bits per heavy atom. The lowest BCUT2D eigenvalue weighted by Crippen LogP contribution is -2.12. The number of halogens is 2. The molecular formula is C19H15Cl2NO3S. The summed E-state index contributed by atoms with van der Waals surface area (Å²) >= 11 is 12.1. The number of hydrogen-bond acceptors (Lipinski definition) is 3. The van der Waals surface area contributed by atoms with Crippen LogP contribution in [0.15, 0.2) is 71.6 Å². The zero-order chi connectivity index (χ0) is 18.7. The van der Waals surface area contributed by atoms with Gasteiger partial charge in [0.2, 0.25) is 0 Å². The monoisotopic (exact) mass is 407 g/mol. The van der Waals surface area contributed by atoms with Crippen molar-refractivity contribution in [2.45, 2.75) is 11.8 Å². The second-order valence-electron chi connectivity index (χ2n) is 5.62. The summed E-state index contributed by atoms with van der Waals surface area (Å²) in [5.74, 6) is 0.930. The van der Waals surface area contributed by atoms with E-state index >= 15 is 0 Å². The molecule has 0 aliphatic heterocycles. The van der Waals surface area contributed by atoms with Crippen LogP contribution in [0.5, 0.6) is 11.5 Å². The molecule has 4 nitrogen and oxygen atoms in total. The van der Waals surface area contributed by atoms with Crippen LogP contribution in [0.1, 0.15) is 5.56 Å². The third-order valence-electron chi connectivity index (χ3n) is 3.54. The molecule has 0 atom stereocenters. The van der Waals surface area contributed by atoms with Crippen molar-refractivity contribution in [1.29, 1.82) is 0 Å². The fourth-order valence-corrected chi connectivity index (χ4v) is 3.68. The first kappa shape index (κ1) is 18.6. The van der Waals surface area contributed by atoms with Crippen LogP contribution in [0.25, 0.3) is 0 Å². The highest BCUT2D eigenvalue weighted by molar-refractivity contribution is 7.92. The third kappa shape index (κ3) is 4.49. The molecule has 0 unspecified atom stereocenters. The maximum Gasteiger partial charge on any atom is 0.261 e. The van der Waals surface area contributed by atoms with Crippen molar-refractivity contribution >= 4 is 38.9 Å². The Kier molecular flexibility index (Phi) is 5.41. The van der Waals surface area contributed by atoms with Crippen molar-refractivity contribution in [3.05, 3.63) is 82.3 Å². The quantitative estimate of drug-likeness (QED) is 0.572. The van der Waals surface area contributed by atoms with Gasteiger partial charge in [0.05, 0.1) is 15.6 Å². The summed E-state index contributed by atoms with van der Waals surface area (Å²) in [5, 5.41) is 0.815. The Morgan fingerprint density at radius 2 is 1.65 bits per heavy atom. The number of ether oxygens (including phenoxy) is 1. The van der Waals surface area contributed by atoms with Gasteiger partial charge >= 0.3 is 0 Å². The number of sulfonamides is 1. The summed E-state index contributed by atoms with van der Waals surface area (Å²) in [7, 11) is -3.69. The SMILES string of the molecule is Cc1ccc(S(=O)(=O)Nc2ccc(Oc3cccc(Cl)c3)c(Cl)c2)cc1. The molecular weight excluding hydrogens is 393 g/mol. The lowest BCUT2D eigenvalue weighted by atomic mass is 10.2. The fraction of sp³-hybridized carbons (Fsp3) is 0.0526. The summed E-state index contributed by atoms with van der Waals surface area (Å²) in [6.45, 7) is 1.89. The largest absolute Gasteiger partial charge is 0.456 e. The predicted molar refractivity (Wildman–Crippen MR) is 105 cm³/mol. The van der Waals surface area contributed by atoms with E-state index in [-0.39, 0.29) is 9.92 Å². The number of anilines is 1. The van der Waals surface area contributed by atoms with Crippen molar-refractivity contribution in [1.82, 2.24) is 0 Å². The standard InChI is InChI=1S/C19H15Cl2NO3S/c1-13-5-8-17(9-6-13)26(23,24)22-15-7-10-19(18(21)12-15)25-16-4-2-3-14(20)11-16/h2-12,22H,1H3. The van der Waals surface area contributed by atoms with Gasteiger partial charge in [0.25, 0.3) is 10.0 Å². The molecule has 0 fully saturated rings. The van der Waals surface area contributed by atoms with Gasteiger partial charge in [-0.05, 0) is 55.5 Å². The molecule has 0 amide bonds. The number of aryl methyl sites for hydroxylation is 1. The van der Waals surface area contributed by atoms with Gasteiger partial charge in [-0.2, -0.15) is 0 Å². The average Bonchev–Trinajstić information content (AvgIpc) is 2.57. The molecule has 0 saturated heterocycles. The highest BCUT2D eigenvalue weighted by Gasteiger charge is 2.15. The Morgan fingerprint density at radius 3 is 2.31 bits per heavy atom. The second-order valence-corrected chi connectivity index (χ2v) is 8.15. The molecule has 3 rings (SSSR count). The lowest BCUT2D eigenvalue weighted by molar-refractivity contribution is 0.483. The van der Waals surface area contributed by atoms with E-state index < -0.39 is 10.0 Å². The van der Waals surface area contributed by atoms with Gasteiger partial charge in [0.1, 0.15) is 11.5 Å². The van der Waals surface area contributed by atoms with Crippen molar-refractivity contribution in [2.24, 2.45) is 0 Å². The molecule has 134 valence electrons. The molecule has 26 heavy (non-hydrogen) atoms. The maximum atomic E-state index is 12.4. The highest BCUT2D eigenvalue weighted by Crippen LogP contribution is 2.33. The number of rotatable bonds is 5. The van der Waals surface area contributed by atoms with Crippen LogP contribution < -0.4 is 9.46 Å². The van der Waals surface area contributed by atoms with Crippen LogP contribution in [0, 0.1) is 6.92 Å². The normalized spacial score (nSPS) is 11.2.